The predicted octanol–water partition coefficient (Wildman–Crippen LogP) is 0.889. The molecule has 1 atom stereocenters. The lowest BCUT2D eigenvalue weighted by atomic mass is 10.3. The van der Waals surface area contributed by atoms with E-state index in [9.17, 15) is 0 Å². The van der Waals surface area contributed by atoms with E-state index in [-0.39, 0.29) is 0 Å². The van der Waals surface area contributed by atoms with Gasteiger partial charge in [0.25, 0.3) is 0 Å². The van der Waals surface area contributed by atoms with E-state index in [0.29, 0.717) is 6.10 Å². The number of likely N-dealkylation sites (tertiary alicyclic amines) is 1. The topological polar surface area (TPSA) is 12.5 Å². The highest BCUT2D eigenvalue weighted by molar-refractivity contribution is 4.78. The number of hydrogen-bond acceptors (Lipinski definition) is 2. The van der Waals surface area contributed by atoms with Crippen LogP contribution in [0.25, 0.3) is 0 Å². The molecular formula is C7H14NO. The smallest absolute Gasteiger partial charge is 0.0710 e. The van der Waals surface area contributed by atoms with Gasteiger partial charge in [0.2, 0.25) is 0 Å². The number of hydrogen-bond donors (Lipinski definition) is 0. The van der Waals surface area contributed by atoms with Crippen LogP contribution in [0.2, 0.25) is 0 Å². The molecule has 1 heterocycles. The van der Waals surface area contributed by atoms with Crippen molar-refractivity contribution in [2.75, 3.05) is 20.2 Å². The van der Waals surface area contributed by atoms with Crippen LogP contribution >= 0.6 is 0 Å². The molecule has 0 N–H and O–H groups in total. The molecule has 0 spiro atoms. The maximum absolute atomic E-state index is 5.18. The SMILES string of the molecule is C[CH]N1CCC(OC)C1. The number of ether oxygens (including phenoxy) is 1. The van der Waals surface area contributed by atoms with Gasteiger partial charge in [0.15, 0.2) is 0 Å². The van der Waals surface area contributed by atoms with Crippen LogP contribution in [0, 0.1) is 6.54 Å². The zero-order valence-corrected chi connectivity index (χ0v) is 6.13. The lowest BCUT2D eigenvalue weighted by Gasteiger charge is -2.10. The zero-order chi connectivity index (χ0) is 6.69. The Balaban J connectivity index is 2.20. The second-order valence-electron chi connectivity index (χ2n) is 2.40. The first-order valence-corrected chi connectivity index (χ1v) is 3.43. The molecule has 0 aromatic rings. The van der Waals surface area contributed by atoms with Crippen LogP contribution in [0.3, 0.4) is 0 Å². The van der Waals surface area contributed by atoms with E-state index in [1.165, 1.54) is 6.42 Å². The Kier molecular flexibility index (Phi) is 2.49. The Morgan fingerprint density at radius 1 is 1.67 bits per heavy atom. The number of rotatable bonds is 2. The lowest BCUT2D eigenvalue weighted by molar-refractivity contribution is 0.111. The van der Waals surface area contributed by atoms with Crippen molar-refractivity contribution < 1.29 is 4.74 Å². The summed E-state index contributed by atoms with van der Waals surface area (Å²) < 4.78 is 5.18. The number of methoxy groups -OCH3 is 1. The van der Waals surface area contributed by atoms with Gasteiger partial charge in [-0.25, -0.2) is 0 Å². The molecule has 0 aromatic carbocycles. The van der Waals surface area contributed by atoms with Crippen molar-refractivity contribution in [3.63, 3.8) is 0 Å². The van der Waals surface area contributed by atoms with Crippen LogP contribution in [0.1, 0.15) is 13.3 Å². The molecule has 0 bridgehead atoms. The summed E-state index contributed by atoms with van der Waals surface area (Å²) in [4.78, 5) is 2.29. The fourth-order valence-electron chi connectivity index (χ4n) is 1.18. The lowest BCUT2D eigenvalue weighted by Crippen LogP contribution is -2.18. The minimum absolute atomic E-state index is 0.473. The molecule has 1 rings (SSSR count). The molecule has 1 aliphatic heterocycles. The predicted molar refractivity (Wildman–Crippen MR) is 37.0 cm³/mol. The van der Waals surface area contributed by atoms with Crippen molar-refractivity contribution >= 4 is 0 Å². The molecule has 9 heavy (non-hydrogen) atoms. The second-order valence-corrected chi connectivity index (χ2v) is 2.40. The van der Waals surface area contributed by atoms with Gasteiger partial charge in [0.1, 0.15) is 0 Å². The van der Waals surface area contributed by atoms with Gasteiger partial charge in [0.05, 0.1) is 6.10 Å². The average Bonchev–Trinajstić information content (AvgIpc) is 2.34. The van der Waals surface area contributed by atoms with Crippen molar-refractivity contribution in [2.24, 2.45) is 0 Å². The first-order chi connectivity index (χ1) is 4.36. The zero-order valence-electron chi connectivity index (χ0n) is 6.13. The molecule has 2 nitrogen and oxygen atoms in total. The molecule has 0 saturated carbocycles. The van der Waals surface area contributed by atoms with Crippen LogP contribution in [0.5, 0.6) is 0 Å². The summed E-state index contributed by atoms with van der Waals surface area (Å²) in [5.74, 6) is 0. The monoisotopic (exact) mass is 128 g/mol. The fourth-order valence-corrected chi connectivity index (χ4v) is 1.18. The van der Waals surface area contributed by atoms with Gasteiger partial charge in [-0.2, -0.15) is 0 Å². The van der Waals surface area contributed by atoms with E-state index in [1.807, 2.05) is 0 Å². The average molecular weight is 128 g/mol. The Morgan fingerprint density at radius 2 is 2.44 bits per heavy atom. The Labute approximate surface area is 56.8 Å². The Bertz CT molecular complexity index is 75.0. The van der Waals surface area contributed by atoms with E-state index in [4.69, 9.17) is 4.74 Å². The summed E-state index contributed by atoms with van der Waals surface area (Å²) >= 11 is 0. The van der Waals surface area contributed by atoms with Crippen molar-refractivity contribution in [2.45, 2.75) is 19.4 Å². The molecule has 1 radical (unpaired) electrons. The third-order valence-electron chi connectivity index (χ3n) is 1.87. The van der Waals surface area contributed by atoms with Gasteiger partial charge in [0, 0.05) is 26.7 Å². The molecule has 0 aliphatic carbocycles. The first kappa shape index (κ1) is 7.03. The maximum atomic E-state index is 5.18. The van der Waals surface area contributed by atoms with Crippen molar-refractivity contribution in [1.29, 1.82) is 0 Å². The summed E-state index contributed by atoms with van der Waals surface area (Å²) in [6, 6.07) is 0. The summed E-state index contributed by atoms with van der Waals surface area (Å²) in [5.41, 5.74) is 0. The fraction of sp³-hybridized carbons (Fsp3) is 0.857. The molecule has 1 unspecified atom stereocenters. The summed E-state index contributed by atoms with van der Waals surface area (Å²) in [7, 11) is 1.78. The molecule has 1 aliphatic rings. The van der Waals surface area contributed by atoms with Crippen LogP contribution in [0.4, 0.5) is 0 Å². The summed E-state index contributed by atoms with van der Waals surface area (Å²) in [6.07, 6.45) is 1.65. The van der Waals surface area contributed by atoms with Crippen LogP contribution in [-0.4, -0.2) is 31.2 Å². The normalized spacial score (nSPS) is 29.3. The van der Waals surface area contributed by atoms with Crippen molar-refractivity contribution in [3.05, 3.63) is 6.54 Å². The third-order valence-corrected chi connectivity index (χ3v) is 1.87. The highest BCUT2D eigenvalue weighted by atomic mass is 16.5. The molecule has 2 heteroatoms. The highest BCUT2D eigenvalue weighted by Gasteiger charge is 2.19. The minimum Gasteiger partial charge on any atom is -0.380 e. The second kappa shape index (κ2) is 3.18. The van der Waals surface area contributed by atoms with E-state index in [2.05, 4.69) is 18.4 Å². The summed E-state index contributed by atoms with van der Waals surface area (Å²) in [5, 5.41) is 0. The van der Waals surface area contributed by atoms with E-state index < -0.39 is 0 Å². The molecule has 1 fully saturated rings. The van der Waals surface area contributed by atoms with Crippen LogP contribution in [0.15, 0.2) is 0 Å². The minimum atomic E-state index is 0.473. The molecule has 0 amide bonds. The Hall–Kier alpha value is -0.0800. The molecular weight excluding hydrogens is 114 g/mol. The van der Waals surface area contributed by atoms with E-state index >= 15 is 0 Å². The van der Waals surface area contributed by atoms with Gasteiger partial charge in [-0.05, 0) is 13.3 Å². The van der Waals surface area contributed by atoms with Gasteiger partial charge in [-0.15, -0.1) is 0 Å². The van der Waals surface area contributed by atoms with Gasteiger partial charge in [-0.3, -0.25) is 4.90 Å². The van der Waals surface area contributed by atoms with Gasteiger partial charge in [-0.1, -0.05) is 0 Å². The summed E-state index contributed by atoms with van der Waals surface area (Å²) in [6.45, 7) is 6.43. The van der Waals surface area contributed by atoms with Crippen LogP contribution < -0.4 is 0 Å². The van der Waals surface area contributed by atoms with Gasteiger partial charge < -0.3 is 4.74 Å². The highest BCUT2D eigenvalue weighted by Crippen LogP contribution is 2.11. The Morgan fingerprint density at radius 3 is 2.78 bits per heavy atom. The number of nitrogens with zero attached hydrogens (tertiary/aromatic N) is 1. The standard InChI is InChI=1S/C7H14NO/c1-3-8-5-4-7(6-8)9-2/h3,7H,4-6H2,1-2H3. The van der Waals surface area contributed by atoms with Crippen LogP contribution in [-0.2, 0) is 4.74 Å². The molecule has 1 saturated heterocycles. The van der Waals surface area contributed by atoms with E-state index in [1.54, 1.807) is 7.11 Å². The molecule has 0 aromatic heterocycles. The third kappa shape index (κ3) is 1.66. The van der Waals surface area contributed by atoms with Crippen molar-refractivity contribution in [1.82, 2.24) is 4.90 Å². The van der Waals surface area contributed by atoms with Gasteiger partial charge >= 0.3 is 0 Å². The first-order valence-electron chi connectivity index (χ1n) is 3.43. The van der Waals surface area contributed by atoms with E-state index in [0.717, 1.165) is 13.1 Å². The largest absolute Gasteiger partial charge is 0.380 e. The molecule has 53 valence electrons. The maximum Gasteiger partial charge on any atom is 0.0710 e. The quantitative estimate of drug-likeness (QED) is 0.547. The van der Waals surface area contributed by atoms with Crippen molar-refractivity contribution in [3.8, 4) is 0 Å².